The van der Waals surface area contributed by atoms with Gasteiger partial charge < -0.3 is 4.74 Å². The zero-order valence-corrected chi connectivity index (χ0v) is 10.8. The van der Waals surface area contributed by atoms with Gasteiger partial charge in [0.15, 0.2) is 0 Å². The van der Waals surface area contributed by atoms with Gasteiger partial charge in [-0.1, -0.05) is 26.0 Å². The molecule has 0 radical (unpaired) electrons. The number of halogens is 3. The van der Waals surface area contributed by atoms with Gasteiger partial charge in [0.25, 0.3) is 0 Å². The van der Waals surface area contributed by atoms with Crippen molar-refractivity contribution in [2.75, 3.05) is 0 Å². The molecule has 1 aromatic carbocycles. The van der Waals surface area contributed by atoms with Gasteiger partial charge in [0, 0.05) is 17.8 Å². The number of carbonyl (C=O) groups is 1. The third kappa shape index (κ3) is 2.60. The third-order valence-electron chi connectivity index (χ3n) is 4.02. The van der Waals surface area contributed by atoms with E-state index in [2.05, 4.69) is 4.74 Å². The monoisotopic (exact) mass is 272 g/mol. The molecule has 104 valence electrons. The number of alkyl halides is 3. The minimum Gasteiger partial charge on any atom is -0.406 e. The highest BCUT2D eigenvalue weighted by Crippen LogP contribution is 2.52. The Labute approximate surface area is 109 Å². The highest BCUT2D eigenvalue weighted by atomic mass is 19.4. The number of rotatable bonds is 3. The molecule has 5 heteroatoms. The highest BCUT2D eigenvalue weighted by Gasteiger charge is 2.50. The van der Waals surface area contributed by atoms with Crippen LogP contribution >= 0.6 is 0 Å². The maximum absolute atomic E-state index is 12.2. The first-order chi connectivity index (χ1) is 8.76. The molecule has 0 aromatic heterocycles. The second-order valence-electron chi connectivity index (χ2n) is 5.07. The molecule has 2 rings (SSSR count). The summed E-state index contributed by atoms with van der Waals surface area (Å²) in [6.07, 6.45) is -3.62. The van der Waals surface area contributed by atoms with Crippen molar-refractivity contribution in [3.63, 3.8) is 0 Å². The summed E-state index contributed by atoms with van der Waals surface area (Å²) in [6, 6.07) is 5.91. The quantitative estimate of drug-likeness (QED) is 0.829. The second-order valence-corrected chi connectivity index (χ2v) is 5.07. The number of carbonyl (C=O) groups excluding carboxylic acids is 1. The van der Waals surface area contributed by atoms with Crippen molar-refractivity contribution in [1.82, 2.24) is 0 Å². The molecule has 1 saturated carbocycles. The molecule has 0 bridgehead atoms. The predicted octanol–water partition coefficient (Wildman–Crippen LogP) is 4.06. The number of benzene rings is 1. The number of ether oxygens (including phenoxy) is 1. The van der Waals surface area contributed by atoms with Gasteiger partial charge in [-0.3, -0.25) is 4.79 Å². The van der Waals surface area contributed by atoms with Crippen molar-refractivity contribution in [2.45, 2.75) is 39.0 Å². The van der Waals surface area contributed by atoms with Crippen LogP contribution in [0.1, 0.15) is 38.2 Å². The van der Waals surface area contributed by atoms with E-state index in [1.807, 2.05) is 13.8 Å². The first kappa shape index (κ1) is 13.9. The summed E-state index contributed by atoms with van der Waals surface area (Å²) in [5.41, 5.74) is 0.266. The van der Waals surface area contributed by atoms with E-state index < -0.39 is 11.8 Å². The lowest BCUT2D eigenvalue weighted by Crippen LogP contribution is -2.45. The summed E-state index contributed by atoms with van der Waals surface area (Å²) in [4.78, 5) is 11.7. The van der Waals surface area contributed by atoms with E-state index in [0.29, 0.717) is 12.8 Å². The fourth-order valence-electron chi connectivity index (χ4n) is 2.56. The minimum absolute atomic E-state index is 0.0261. The molecule has 0 saturated heterocycles. The Hall–Kier alpha value is -1.52. The molecule has 0 amide bonds. The summed E-state index contributed by atoms with van der Waals surface area (Å²) in [6.45, 7) is 3.78. The Bertz CT molecular complexity index is 496. The van der Waals surface area contributed by atoms with E-state index in [1.165, 1.54) is 18.2 Å². The minimum atomic E-state index is -4.69. The van der Waals surface area contributed by atoms with Gasteiger partial charge in [-0.2, -0.15) is 0 Å². The molecule has 2 atom stereocenters. The van der Waals surface area contributed by atoms with Crippen molar-refractivity contribution in [3.8, 4) is 5.75 Å². The number of hydrogen-bond donors (Lipinski definition) is 0. The lowest BCUT2D eigenvalue weighted by atomic mass is 9.56. The van der Waals surface area contributed by atoms with E-state index in [0.717, 1.165) is 5.56 Å². The first-order valence-electron chi connectivity index (χ1n) is 6.15. The fraction of sp³-hybridized carbons (Fsp3) is 0.500. The van der Waals surface area contributed by atoms with Crippen LogP contribution in [0.3, 0.4) is 0 Å². The van der Waals surface area contributed by atoms with Crippen LogP contribution in [0.2, 0.25) is 0 Å². The Morgan fingerprint density at radius 2 is 2.11 bits per heavy atom. The smallest absolute Gasteiger partial charge is 0.406 e. The van der Waals surface area contributed by atoms with E-state index in [9.17, 15) is 18.0 Å². The van der Waals surface area contributed by atoms with Gasteiger partial charge in [-0.15, -0.1) is 13.2 Å². The lowest BCUT2D eigenvalue weighted by molar-refractivity contribution is -0.274. The fourth-order valence-corrected chi connectivity index (χ4v) is 2.56. The number of ketones is 1. The van der Waals surface area contributed by atoms with Crippen molar-refractivity contribution in [3.05, 3.63) is 29.8 Å². The number of Topliss-reactive ketones (excluding diaryl/α,β-unsaturated/α-hetero) is 1. The van der Waals surface area contributed by atoms with Crippen molar-refractivity contribution < 1.29 is 22.7 Å². The van der Waals surface area contributed by atoms with E-state index in [-0.39, 0.29) is 17.5 Å². The topological polar surface area (TPSA) is 26.3 Å². The van der Waals surface area contributed by atoms with Crippen LogP contribution in [0, 0.1) is 5.41 Å². The Morgan fingerprint density at radius 3 is 2.63 bits per heavy atom. The Morgan fingerprint density at radius 1 is 1.42 bits per heavy atom. The summed E-state index contributed by atoms with van der Waals surface area (Å²) in [5.74, 6) is -0.0910. The summed E-state index contributed by atoms with van der Waals surface area (Å²) in [7, 11) is 0. The molecule has 0 N–H and O–H groups in total. The predicted molar refractivity (Wildman–Crippen MR) is 63.9 cm³/mol. The Balaban J connectivity index is 2.23. The standard InChI is InChI=1S/C14H15F3O2/c1-3-13(2)11(8-12(13)18)9-5-4-6-10(7-9)19-14(15,16)17/h4-7,11H,3,8H2,1-2H3. The van der Waals surface area contributed by atoms with Gasteiger partial charge in [0.1, 0.15) is 11.5 Å². The van der Waals surface area contributed by atoms with Crippen LogP contribution in [0.5, 0.6) is 5.75 Å². The normalized spacial score (nSPS) is 27.0. The first-order valence-corrected chi connectivity index (χ1v) is 6.15. The molecule has 0 heterocycles. The van der Waals surface area contributed by atoms with E-state index >= 15 is 0 Å². The summed E-state index contributed by atoms with van der Waals surface area (Å²) < 4.78 is 40.4. The van der Waals surface area contributed by atoms with Crippen molar-refractivity contribution in [2.24, 2.45) is 5.41 Å². The van der Waals surface area contributed by atoms with Crippen LogP contribution in [0.25, 0.3) is 0 Å². The molecular weight excluding hydrogens is 257 g/mol. The van der Waals surface area contributed by atoms with Crippen LogP contribution in [-0.4, -0.2) is 12.1 Å². The lowest BCUT2D eigenvalue weighted by Gasteiger charge is -2.45. The van der Waals surface area contributed by atoms with E-state index in [4.69, 9.17) is 0 Å². The van der Waals surface area contributed by atoms with Crippen LogP contribution in [0.15, 0.2) is 24.3 Å². The van der Waals surface area contributed by atoms with Crippen molar-refractivity contribution in [1.29, 1.82) is 0 Å². The van der Waals surface area contributed by atoms with Crippen LogP contribution < -0.4 is 4.74 Å². The van der Waals surface area contributed by atoms with Crippen molar-refractivity contribution >= 4 is 5.78 Å². The molecule has 1 aliphatic carbocycles. The van der Waals surface area contributed by atoms with Gasteiger partial charge in [-0.25, -0.2) is 0 Å². The van der Waals surface area contributed by atoms with Gasteiger partial charge in [-0.05, 0) is 24.1 Å². The molecule has 1 fully saturated rings. The van der Waals surface area contributed by atoms with Gasteiger partial charge in [0.05, 0.1) is 0 Å². The summed E-state index contributed by atoms with van der Waals surface area (Å²) >= 11 is 0. The molecule has 19 heavy (non-hydrogen) atoms. The molecule has 0 spiro atoms. The van der Waals surface area contributed by atoms with E-state index in [1.54, 1.807) is 6.07 Å². The second kappa shape index (κ2) is 4.54. The van der Waals surface area contributed by atoms with Gasteiger partial charge in [0.2, 0.25) is 0 Å². The average molecular weight is 272 g/mol. The highest BCUT2D eigenvalue weighted by molar-refractivity contribution is 5.93. The Kier molecular flexibility index (Phi) is 3.32. The third-order valence-corrected chi connectivity index (χ3v) is 4.02. The molecule has 2 unspecified atom stereocenters. The molecule has 2 nitrogen and oxygen atoms in total. The number of hydrogen-bond acceptors (Lipinski definition) is 2. The zero-order chi connectivity index (χ0) is 14.3. The maximum Gasteiger partial charge on any atom is 0.573 e. The molecule has 0 aliphatic heterocycles. The van der Waals surface area contributed by atoms with Crippen LogP contribution in [-0.2, 0) is 4.79 Å². The molecule has 1 aliphatic rings. The molecule has 1 aromatic rings. The largest absolute Gasteiger partial charge is 0.573 e. The SMILES string of the molecule is CCC1(C)C(=O)CC1c1cccc(OC(F)(F)F)c1. The molecular formula is C14H15F3O2. The average Bonchev–Trinajstić information content (AvgIpc) is 2.33. The maximum atomic E-state index is 12.2. The van der Waals surface area contributed by atoms with Gasteiger partial charge >= 0.3 is 6.36 Å². The zero-order valence-electron chi connectivity index (χ0n) is 10.8. The van der Waals surface area contributed by atoms with Crippen LogP contribution in [0.4, 0.5) is 13.2 Å². The summed E-state index contributed by atoms with van der Waals surface area (Å²) in [5, 5.41) is 0.